The maximum absolute atomic E-state index is 11.2. The van der Waals surface area contributed by atoms with Crippen molar-refractivity contribution in [1.29, 1.82) is 0 Å². The highest BCUT2D eigenvalue weighted by molar-refractivity contribution is 5.70. The van der Waals surface area contributed by atoms with Gasteiger partial charge in [-0.3, -0.25) is 4.79 Å². The lowest BCUT2D eigenvalue weighted by atomic mass is 9.95. The van der Waals surface area contributed by atoms with Crippen molar-refractivity contribution in [3.63, 3.8) is 0 Å². The number of benzene rings is 1. The molecule has 0 bridgehead atoms. The average molecular weight is 263 g/mol. The topological polar surface area (TPSA) is 40.5 Å². The fraction of sp³-hybridized carbons (Fsp3) is 0.562. The van der Waals surface area contributed by atoms with Gasteiger partial charge >= 0.3 is 5.97 Å². The van der Waals surface area contributed by atoms with E-state index < -0.39 is 5.97 Å². The van der Waals surface area contributed by atoms with Crippen molar-refractivity contribution < 1.29 is 9.90 Å². The van der Waals surface area contributed by atoms with E-state index in [1.54, 1.807) is 0 Å². The van der Waals surface area contributed by atoms with E-state index in [2.05, 4.69) is 36.9 Å². The van der Waals surface area contributed by atoms with Gasteiger partial charge in [0.1, 0.15) is 0 Å². The van der Waals surface area contributed by atoms with Gasteiger partial charge in [-0.25, -0.2) is 0 Å². The second-order valence-corrected chi connectivity index (χ2v) is 5.82. The Kier molecular flexibility index (Phi) is 5.55. The van der Waals surface area contributed by atoms with Gasteiger partial charge in [-0.15, -0.1) is 0 Å². The van der Waals surface area contributed by atoms with Crippen LogP contribution in [0.25, 0.3) is 0 Å². The molecular formula is C16H25NO2. The number of carboxylic acids is 1. The van der Waals surface area contributed by atoms with Crippen molar-refractivity contribution in [3.8, 4) is 0 Å². The third-order valence-corrected chi connectivity index (χ3v) is 3.58. The molecule has 0 heterocycles. The smallest absolute Gasteiger partial charge is 0.308 e. The summed E-state index contributed by atoms with van der Waals surface area (Å²) in [5.74, 6) is -0.864. The first-order valence-electron chi connectivity index (χ1n) is 6.78. The summed E-state index contributed by atoms with van der Waals surface area (Å²) in [6.45, 7) is 9.48. The van der Waals surface area contributed by atoms with E-state index in [1.807, 2.05) is 20.9 Å². The number of aryl methyl sites for hydroxylation is 2. The van der Waals surface area contributed by atoms with Crippen molar-refractivity contribution >= 4 is 5.97 Å². The second-order valence-electron chi connectivity index (χ2n) is 5.82. The molecule has 0 amide bonds. The van der Waals surface area contributed by atoms with Crippen molar-refractivity contribution in [2.45, 2.75) is 34.2 Å². The summed E-state index contributed by atoms with van der Waals surface area (Å²) in [6, 6.07) is 6.40. The highest BCUT2D eigenvalue weighted by Crippen LogP contribution is 2.16. The Balaban J connectivity index is 2.71. The van der Waals surface area contributed by atoms with E-state index in [-0.39, 0.29) is 11.8 Å². The molecule has 0 fully saturated rings. The monoisotopic (exact) mass is 263 g/mol. The predicted octanol–water partition coefficient (Wildman–Crippen LogP) is 3.09. The number of carboxylic acid groups (broad SMARTS) is 1. The molecule has 0 aliphatic heterocycles. The molecule has 1 N–H and O–H groups in total. The molecule has 0 spiro atoms. The Morgan fingerprint density at radius 2 is 1.95 bits per heavy atom. The SMILES string of the molecule is Cc1ccc(C)c(CN(C)CC(C(=O)O)C(C)C)c1. The first-order chi connectivity index (χ1) is 8.81. The summed E-state index contributed by atoms with van der Waals surface area (Å²) in [4.78, 5) is 13.3. The minimum atomic E-state index is -0.706. The average Bonchev–Trinajstić information content (AvgIpc) is 2.30. The van der Waals surface area contributed by atoms with Crippen molar-refractivity contribution in [1.82, 2.24) is 4.90 Å². The molecule has 106 valence electrons. The van der Waals surface area contributed by atoms with Crippen molar-refractivity contribution in [3.05, 3.63) is 34.9 Å². The van der Waals surface area contributed by atoms with Gasteiger partial charge in [-0.05, 0) is 37.9 Å². The quantitative estimate of drug-likeness (QED) is 0.857. The van der Waals surface area contributed by atoms with Crippen LogP contribution in [0.5, 0.6) is 0 Å². The zero-order valence-electron chi connectivity index (χ0n) is 12.6. The molecule has 1 aromatic rings. The van der Waals surface area contributed by atoms with Crippen LogP contribution in [0.4, 0.5) is 0 Å². The molecule has 0 saturated carbocycles. The lowest BCUT2D eigenvalue weighted by Gasteiger charge is -2.24. The van der Waals surface area contributed by atoms with Gasteiger partial charge in [0.2, 0.25) is 0 Å². The molecule has 0 saturated heterocycles. The Hall–Kier alpha value is -1.35. The largest absolute Gasteiger partial charge is 0.481 e. The van der Waals surface area contributed by atoms with Crippen LogP contribution in [0.1, 0.15) is 30.5 Å². The van der Waals surface area contributed by atoms with Crippen LogP contribution in [-0.4, -0.2) is 29.6 Å². The highest BCUT2D eigenvalue weighted by Gasteiger charge is 2.23. The van der Waals surface area contributed by atoms with Gasteiger partial charge in [-0.2, -0.15) is 0 Å². The van der Waals surface area contributed by atoms with Gasteiger partial charge in [0.25, 0.3) is 0 Å². The fourth-order valence-corrected chi connectivity index (χ4v) is 2.24. The summed E-state index contributed by atoms with van der Waals surface area (Å²) in [7, 11) is 1.99. The van der Waals surface area contributed by atoms with Crippen LogP contribution in [0.15, 0.2) is 18.2 Å². The number of rotatable bonds is 6. The summed E-state index contributed by atoms with van der Waals surface area (Å²) in [5, 5.41) is 9.23. The molecule has 1 aromatic carbocycles. The third kappa shape index (κ3) is 4.67. The highest BCUT2D eigenvalue weighted by atomic mass is 16.4. The third-order valence-electron chi connectivity index (χ3n) is 3.58. The molecule has 1 rings (SSSR count). The van der Waals surface area contributed by atoms with E-state index in [0.29, 0.717) is 6.54 Å². The van der Waals surface area contributed by atoms with E-state index in [4.69, 9.17) is 0 Å². The minimum absolute atomic E-state index is 0.151. The van der Waals surface area contributed by atoms with Gasteiger partial charge in [-0.1, -0.05) is 37.6 Å². The van der Waals surface area contributed by atoms with Crippen molar-refractivity contribution in [2.24, 2.45) is 11.8 Å². The van der Waals surface area contributed by atoms with Crippen LogP contribution in [0, 0.1) is 25.7 Å². The Morgan fingerprint density at radius 1 is 1.32 bits per heavy atom. The Morgan fingerprint density at radius 3 is 2.47 bits per heavy atom. The summed E-state index contributed by atoms with van der Waals surface area (Å²) >= 11 is 0. The second kappa shape index (κ2) is 6.71. The normalized spacial score (nSPS) is 13.0. The van der Waals surface area contributed by atoms with Crippen LogP contribution >= 0.6 is 0 Å². The molecule has 3 heteroatoms. The van der Waals surface area contributed by atoms with Crippen LogP contribution < -0.4 is 0 Å². The molecule has 19 heavy (non-hydrogen) atoms. The van der Waals surface area contributed by atoms with Crippen LogP contribution in [0.2, 0.25) is 0 Å². The number of hydrogen-bond acceptors (Lipinski definition) is 2. The molecular weight excluding hydrogens is 238 g/mol. The van der Waals surface area contributed by atoms with E-state index in [9.17, 15) is 9.90 Å². The lowest BCUT2D eigenvalue weighted by molar-refractivity contribution is -0.144. The lowest BCUT2D eigenvalue weighted by Crippen LogP contribution is -2.33. The molecule has 3 nitrogen and oxygen atoms in total. The summed E-state index contributed by atoms with van der Waals surface area (Å²) < 4.78 is 0. The number of nitrogens with zero attached hydrogens (tertiary/aromatic N) is 1. The number of carbonyl (C=O) groups is 1. The maximum Gasteiger partial charge on any atom is 0.308 e. The first-order valence-corrected chi connectivity index (χ1v) is 6.78. The Labute approximate surface area is 116 Å². The van der Waals surface area contributed by atoms with Gasteiger partial charge in [0.15, 0.2) is 0 Å². The minimum Gasteiger partial charge on any atom is -0.481 e. The van der Waals surface area contributed by atoms with Gasteiger partial charge in [0.05, 0.1) is 5.92 Å². The molecule has 1 atom stereocenters. The molecule has 0 radical (unpaired) electrons. The molecule has 0 aliphatic carbocycles. The van der Waals surface area contributed by atoms with E-state index >= 15 is 0 Å². The van der Waals surface area contributed by atoms with E-state index in [1.165, 1.54) is 16.7 Å². The van der Waals surface area contributed by atoms with Gasteiger partial charge < -0.3 is 10.0 Å². The molecule has 1 unspecified atom stereocenters. The zero-order chi connectivity index (χ0) is 14.6. The first kappa shape index (κ1) is 15.7. The number of aliphatic carboxylic acids is 1. The molecule has 0 aliphatic rings. The summed E-state index contributed by atoms with van der Waals surface area (Å²) in [6.07, 6.45) is 0. The van der Waals surface area contributed by atoms with Crippen LogP contribution in [0.3, 0.4) is 0 Å². The summed E-state index contributed by atoms with van der Waals surface area (Å²) in [5.41, 5.74) is 3.77. The Bertz CT molecular complexity index is 440. The zero-order valence-corrected chi connectivity index (χ0v) is 12.6. The van der Waals surface area contributed by atoms with Crippen molar-refractivity contribution in [2.75, 3.05) is 13.6 Å². The predicted molar refractivity (Wildman–Crippen MR) is 78.2 cm³/mol. The fourth-order valence-electron chi connectivity index (χ4n) is 2.24. The van der Waals surface area contributed by atoms with E-state index in [0.717, 1.165) is 6.54 Å². The molecule has 0 aromatic heterocycles. The maximum atomic E-state index is 11.2. The van der Waals surface area contributed by atoms with Crippen LogP contribution in [-0.2, 0) is 11.3 Å². The standard InChI is InChI=1S/C16H25NO2/c1-11(2)15(16(18)19)10-17(5)9-14-8-12(3)6-7-13(14)4/h6-8,11,15H,9-10H2,1-5H3,(H,18,19). The van der Waals surface area contributed by atoms with Gasteiger partial charge in [0, 0.05) is 13.1 Å². The number of hydrogen-bond donors (Lipinski definition) is 1.